The molecule has 1 atom stereocenters. The van der Waals surface area contributed by atoms with Crippen LogP contribution in [0.1, 0.15) is 26.8 Å². The molecule has 0 saturated heterocycles. The molecule has 0 aliphatic carbocycles. The van der Waals surface area contributed by atoms with Gasteiger partial charge in [0.1, 0.15) is 6.04 Å². The van der Waals surface area contributed by atoms with Gasteiger partial charge < -0.3 is 14.8 Å². The number of amides is 1. The minimum Gasteiger partial charge on any atom is -0.493 e. The number of aromatic nitrogens is 1. The van der Waals surface area contributed by atoms with E-state index in [1.807, 2.05) is 13.8 Å². The molecule has 178 valence electrons. The van der Waals surface area contributed by atoms with Crippen LogP contribution in [-0.4, -0.2) is 45.4 Å². The van der Waals surface area contributed by atoms with Crippen LogP contribution < -0.4 is 24.0 Å². The third-order valence-electron chi connectivity index (χ3n) is 5.11. The maximum absolute atomic E-state index is 13.0. The van der Waals surface area contributed by atoms with Crippen molar-refractivity contribution in [1.82, 2.24) is 4.57 Å². The van der Waals surface area contributed by atoms with Crippen LogP contribution in [0.15, 0.2) is 41.2 Å². The lowest BCUT2D eigenvalue weighted by atomic mass is 10.2. The largest absolute Gasteiger partial charge is 0.493 e. The Bertz CT molecular complexity index is 1340. The van der Waals surface area contributed by atoms with Gasteiger partial charge in [0.25, 0.3) is 0 Å². The molecule has 1 unspecified atom stereocenters. The molecule has 0 spiro atoms. The van der Waals surface area contributed by atoms with E-state index in [1.54, 1.807) is 34.9 Å². The summed E-state index contributed by atoms with van der Waals surface area (Å²) < 4.78 is 39.1. The minimum absolute atomic E-state index is 0.0107. The van der Waals surface area contributed by atoms with Crippen LogP contribution in [0.2, 0.25) is 0 Å². The molecule has 1 heterocycles. The molecule has 1 aromatic heterocycles. The third kappa shape index (κ3) is 4.98. The summed E-state index contributed by atoms with van der Waals surface area (Å²) in [6.07, 6.45) is 1.03. The van der Waals surface area contributed by atoms with Crippen LogP contribution in [0.3, 0.4) is 0 Å². The highest BCUT2D eigenvalue weighted by Crippen LogP contribution is 2.33. The van der Waals surface area contributed by atoms with E-state index in [4.69, 9.17) is 9.47 Å². The Morgan fingerprint density at radius 2 is 1.73 bits per heavy atom. The second-order valence-electron chi connectivity index (χ2n) is 7.78. The molecule has 3 rings (SSSR count). The number of ether oxygens (including phenoxy) is 2. The number of sulfonamides is 1. The molecule has 1 amide bonds. The molecule has 0 bridgehead atoms. The van der Waals surface area contributed by atoms with Crippen molar-refractivity contribution >= 4 is 48.9 Å². The van der Waals surface area contributed by atoms with Crippen molar-refractivity contribution in [3.8, 4) is 11.5 Å². The first-order chi connectivity index (χ1) is 15.5. The number of nitrogens with one attached hydrogen (secondary N) is 1. The predicted molar refractivity (Wildman–Crippen MR) is 131 cm³/mol. The SMILES string of the molecule is COc1ccc(N(C(C)C(=O)Nc2ccc3c(c2)sc(=O)n3C(C)C)S(C)(=O)=O)cc1OC. The summed E-state index contributed by atoms with van der Waals surface area (Å²) >= 11 is 1.10. The molecular weight excluding hydrogens is 466 g/mol. The van der Waals surface area contributed by atoms with Crippen LogP contribution in [0.5, 0.6) is 11.5 Å². The van der Waals surface area contributed by atoms with E-state index in [1.165, 1.54) is 27.2 Å². The molecule has 2 aromatic carbocycles. The maximum atomic E-state index is 13.0. The van der Waals surface area contributed by atoms with Crippen LogP contribution in [0, 0.1) is 0 Å². The lowest BCUT2D eigenvalue weighted by Gasteiger charge is -2.28. The molecule has 0 aliphatic heterocycles. The standard InChI is InChI=1S/C22H27N3O6S2/c1-13(2)24-17-9-7-15(11-20(17)32-22(24)27)23-21(26)14(3)25(33(6,28)29)16-8-10-18(30-4)19(12-16)31-5/h7-14H,1-6H3,(H,23,26). The first-order valence-electron chi connectivity index (χ1n) is 10.1. The van der Waals surface area contributed by atoms with Crippen molar-refractivity contribution in [3.05, 3.63) is 46.1 Å². The fourth-order valence-corrected chi connectivity index (χ4v) is 5.84. The van der Waals surface area contributed by atoms with Crippen LogP contribution in [0.25, 0.3) is 10.2 Å². The van der Waals surface area contributed by atoms with Gasteiger partial charge >= 0.3 is 4.87 Å². The summed E-state index contributed by atoms with van der Waals surface area (Å²) in [6.45, 7) is 5.36. The monoisotopic (exact) mass is 493 g/mol. The number of methoxy groups -OCH3 is 2. The van der Waals surface area contributed by atoms with Crippen molar-refractivity contribution in [2.45, 2.75) is 32.9 Å². The minimum atomic E-state index is -3.81. The van der Waals surface area contributed by atoms with E-state index in [2.05, 4.69) is 5.32 Å². The number of benzene rings is 2. The smallest absolute Gasteiger partial charge is 0.308 e. The number of carbonyl (C=O) groups is 1. The first kappa shape index (κ1) is 24.6. The second kappa shape index (κ2) is 9.44. The van der Waals surface area contributed by atoms with Crippen molar-refractivity contribution in [2.24, 2.45) is 0 Å². The summed E-state index contributed by atoms with van der Waals surface area (Å²) in [4.78, 5) is 25.2. The van der Waals surface area contributed by atoms with E-state index in [0.29, 0.717) is 17.2 Å². The van der Waals surface area contributed by atoms with Gasteiger partial charge in [0.15, 0.2) is 11.5 Å². The zero-order valence-electron chi connectivity index (χ0n) is 19.3. The molecule has 33 heavy (non-hydrogen) atoms. The van der Waals surface area contributed by atoms with Crippen molar-refractivity contribution in [1.29, 1.82) is 0 Å². The summed E-state index contributed by atoms with van der Waals surface area (Å²) in [5.41, 5.74) is 1.52. The van der Waals surface area contributed by atoms with Crippen LogP contribution >= 0.6 is 11.3 Å². The van der Waals surface area contributed by atoms with E-state index >= 15 is 0 Å². The van der Waals surface area contributed by atoms with Gasteiger partial charge in [-0.15, -0.1) is 0 Å². The highest BCUT2D eigenvalue weighted by molar-refractivity contribution is 7.92. The van der Waals surface area contributed by atoms with Gasteiger partial charge in [-0.05, 0) is 51.1 Å². The van der Waals surface area contributed by atoms with Gasteiger partial charge in [-0.2, -0.15) is 0 Å². The first-order valence-corrected chi connectivity index (χ1v) is 12.8. The number of fused-ring (bicyclic) bond motifs is 1. The molecule has 1 N–H and O–H groups in total. The number of hydrogen-bond acceptors (Lipinski definition) is 7. The Kier molecular flexibility index (Phi) is 7.03. The molecule has 0 saturated carbocycles. The van der Waals surface area contributed by atoms with E-state index < -0.39 is 22.0 Å². The molecular formula is C22H27N3O6S2. The molecule has 0 radical (unpaired) electrons. The number of carbonyl (C=O) groups excluding carboxylic acids is 1. The number of nitrogens with zero attached hydrogens (tertiary/aromatic N) is 2. The maximum Gasteiger partial charge on any atom is 0.308 e. The van der Waals surface area contributed by atoms with Gasteiger partial charge in [0.2, 0.25) is 15.9 Å². The summed E-state index contributed by atoms with van der Waals surface area (Å²) in [5, 5.41) is 2.76. The predicted octanol–water partition coefficient (Wildman–Crippen LogP) is 3.45. The molecule has 11 heteroatoms. The normalized spacial score (nSPS) is 12.6. The Balaban J connectivity index is 1.92. The Hall–Kier alpha value is -3.05. The average Bonchev–Trinajstić information content (AvgIpc) is 3.07. The fourth-order valence-electron chi connectivity index (χ4n) is 3.62. The van der Waals surface area contributed by atoms with Crippen molar-refractivity contribution < 1.29 is 22.7 Å². The van der Waals surface area contributed by atoms with Gasteiger partial charge in [0.05, 0.1) is 36.4 Å². The van der Waals surface area contributed by atoms with E-state index in [9.17, 15) is 18.0 Å². The molecule has 0 fully saturated rings. The topological polar surface area (TPSA) is 107 Å². The zero-order valence-corrected chi connectivity index (χ0v) is 20.9. The quantitative estimate of drug-likeness (QED) is 0.515. The second-order valence-corrected chi connectivity index (χ2v) is 10.6. The highest BCUT2D eigenvalue weighted by atomic mass is 32.2. The fraction of sp³-hybridized carbons (Fsp3) is 0.364. The van der Waals surface area contributed by atoms with Gasteiger partial charge in [-0.3, -0.25) is 18.5 Å². The van der Waals surface area contributed by atoms with E-state index in [-0.39, 0.29) is 16.6 Å². The number of rotatable bonds is 8. The van der Waals surface area contributed by atoms with Crippen molar-refractivity contribution in [2.75, 3.05) is 30.1 Å². The Morgan fingerprint density at radius 1 is 1.06 bits per heavy atom. The molecule has 0 aliphatic rings. The molecule has 9 nitrogen and oxygen atoms in total. The van der Waals surface area contributed by atoms with Crippen molar-refractivity contribution in [3.63, 3.8) is 0 Å². The van der Waals surface area contributed by atoms with E-state index in [0.717, 1.165) is 32.1 Å². The average molecular weight is 494 g/mol. The van der Waals surface area contributed by atoms with Crippen LogP contribution in [-0.2, 0) is 14.8 Å². The summed E-state index contributed by atoms with van der Waals surface area (Å²) in [7, 11) is -0.891. The highest BCUT2D eigenvalue weighted by Gasteiger charge is 2.30. The molecule has 3 aromatic rings. The van der Waals surface area contributed by atoms with Crippen LogP contribution in [0.4, 0.5) is 11.4 Å². The summed E-state index contributed by atoms with van der Waals surface area (Å²) in [5.74, 6) is 0.254. The number of thiazole rings is 1. The zero-order chi connectivity index (χ0) is 24.5. The van der Waals surface area contributed by atoms with Gasteiger partial charge in [0, 0.05) is 17.8 Å². The lowest BCUT2D eigenvalue weighted by Crippen LogP contribution is -2.45. The number of anilines is 2. The van der Waals surface area contributed by atoms with Gasteiger partial charge in [-0.1, -0.05) is 11.3 Å². The summed E-state index contributed by atoms with van der Waals surface area (Å²) in [6, 6.07) is 8.75. The Morgan fingerprint density at radius 3 is 2.30 bits per heavy atom. The third-order valence-corrected chi connectivity index (χ3v) is 7.27. The van der Waals surface area contributed by atoms with Gasteiger partial charge in [-0.25, -0.2) is 8.42 Å². The Labute approximate surface area is 196 Å². The number of hydrogen-bond donors (Lipinski definition) is 1. The lowest BCUT2D eigenvalue weighted by molar-refractivity contribution is -0.116.